The quantitative estimate of drug-likeness (QED) is 0.531. The standard InChI is InChI=1S/C15H12ClF3N2O2S2/c1-7-5-9(13(22)23-2)12(25-7)21-14(24)20-8-3-4-11(16)10(6-8)15(17,18)19/h3-6H,1-2H3,(H2,20,21,24). The third kappa shape index (κ3) is 4.83. The van der Waals surface area contributed by atoms with Gasteiger partial charge >= 0.3 is 12.1 Å². The van der Waals surface area contributed by atoms with Gasteiger partial charge in [0.25, 0.3) is 0 Å². The third-order valence-electron chi connectivity index (χ3n) is 3.02. The monoisotopic (exact) mass is 408 g/mol. The van der Waals surface area contributed by atoms with Crippen molar-refractivity contribution in [2.75, 3.05) is 17.7 Å². The fourth-order valence-corrected chi connectivity index (χ4v) is 3.37. The number of halogens is 4. The molecule has 2 rings (SSSR count). The predicted octanol–water partition coefficient (Wildman–Crippen LogP) is 5.32. The molecule has 1 heterocycles. The number of alkyl halides is 3. The molecule has 0 bridgehead atoms. The van der Waals surface area contributed by atoms with Crippen LogP contribution in [0.2, 0.25) is 5.02 Å². The van der Waals surface area contributed by atoms with E-state index in [1.54, 1.807) is 13.0 Å². The summed E-state index contributed by atoms with van der Waals surface area (Å²) in [7, 11) is 1.25. The van der Waals surface area contributed by atoms with Crippen LogP contribution < -0.4 is 10.6 Å². The number of hydrogen-bond acceptors (Lipinski definition) is 4. The zero-order valence-corrected chi connectivity index (χ0v) is 15.3. The lowest BCUT2D eigenvalue weighted by Crippen LogP contribution is -2.20. The summed E-state index contributed by atoms with van der Waals surface area (Å²) in [6, 6.07) is 4.99. The number of hydrogen-bond donors (Lipinski definition) is 2. The molecule has 2 N–H and O–H groups in total. The van der Waals surface area contributed by atoms with Crippen molar-refractivity contribution in [3.05, 3.63) is 45.3 Å². The number of thiocarbonyl (C=S) groups is 1. The Kier molecular flexibility index (Phi) is 5.91. The molecule has 0 radical (unpaired) electrons. The van der Waals surface area contributed by atoms with Crippen LogP contribution >= 0.6 is 35.2 Å². The van der Waals surface area contributed by atoms with Crippen LogP contribution in [0.25, 0.3) is 0 Å². The Labute approximate surface area is 155 Å². The maximum absolute atomic E-state index is 12.9. The summed E-state index contributed by atoms with van der Waals surface area (Å²) < 4.78 is 43.3. The Bertz CT molecular complexity index is 822. The Balaban J connectivity index is 2.18. The van der Waals surface area contributed by atoms with E-state index in [-0.39, 0.29) is 10.8 Å². The number of methoxy groups -OCH3 is 1. The molecule has 0 fully saturated rings. The fraction of sp³-hybridized carbons (Fsp3) is 0.200. The van der Waals surface area contributed by atoms with Crippen molar-refractivity contribution >= 4 is 56.9 Å². The summed E-state index contributed by atoms with van der Waals surface area (Å²) in [6.07, 6.45) is -4.58. The van der Waals surface area contributed by atoms with Crippen LogP contribution in [0.15, 0.2) is 24.3 Å². The summed E-state index contributed by atoms with van der Waals surface area (Å²) in [6.45, 7) is 1.80. The number of ether oxygens (including phenoxy) is 1. The molecule has 0 atom stereocenters. The van der Waals surface area contributed by atoms with E-state index >= 15 is 0 Å². The number of rotatable bonds is 3. The maximum Gasteiger partial charge on any atom is 0.417 e. The number of carbonyl (C=O) groups excluding carboxylic acids is 1. The number of esters is 1. The molecule has 0 amide bonds. The molecule has 0 spiro atoms. The van der Waals surface area contributed by atoms with Crippen molar-refractivity contribution in [3.8, 4) is 0 Å². The minimum Gasteiger partial charge on any atom is -0.465 e. The first-order chi connectivity index (χ1) is 11.6. The molecule has 0 aliphatic carbocycles. The lowest BCUT2D eigenvalue weighted by Gasteiger charge is -2.13. The molecule has 2 aromatic rings. The average Bonchev–Trinajstić information content (AvgIpc) is 2.87. The van der Waals surface area contributed by atoms with Gasteiger partial charge in [-0.1, -0.05) is 11.6 Å². The van der Waals surface area contributed by atoms with Crippen LogP contribution in [-0.2, 0) is 10.9 Å². The largest absolute Gasteiger partial charge is 0.465 e. The highest BCUT2D eigenvalue weighted by Gasteiger charge is 2.33. The van der Waals surface area contributed by atoms with E-state index in [0.717, 1.165) is 17.0 Å². The molecule has 134 valence electrons. The molecule has 4 nitrogen and oxygen atoms in total. The van der Waals surface area contributed by atoms with Gasteiger partial charge in [0.05, 0.1) is 23.3 Å². The van der Waals surface area contributed by atoms with Gasteiger partial charge in [-0.15, -0.1) is 11.3 Å². The number of aryl methyl sites for hydroxylation is 1. The molecule has 0 aliphatic heterocycles. The normalized spacial score (nSPS) is 11.1. The highest BCUT2D eigenvalue weighted by Crippen LogP contribution is 2.36. The van der Waals surface area contributed by atoms with Gasteiger partial charge in [0.1, 0.15) is 5.00 Å². The topological polar surface area (TPSA) is 50.4 Å². The van der Waals surface area contributed by atoms with Crippen LogP contribution in [0.5, 0.6) is 0 Å². The number of nitrogens with one attached hydrogen (secondary N) is 2. The van der Waals surface area contributed by atoms with Gasteiger partial charge in [-0.2, -0.15) is 13.2 Å². The number of thiophene rings is 1. The van der Waals surface area contributed by atoms with E-state index < -0.39 is 22.7 Å². The highest BCUT2D eigenvalue weighted by atomic mass is 35.5. The number of anilines is 2. The van der Waals surface area contributed by atoms with Crippen LogP contribution in [0.1, 0.15) is 20.8 Å². The lowest BCUT2D eigenvalue weighted by atomic mass is 10.2. The average molecular weight is 409 g/mol. The van der Waals surface area contributed by atoms with Crippen LogP contribution in [0.4, 0.5) is 23.9 Å². The molecular weight excluding hydrogens is 397 g/mol. The van der Waals surface area contributed by atoms with Crippen LogP contribution in [-0.4, -0.2) is 18.2 Å². The molecule has 0 saturated carbocycles. The Morgan fingerprint density at radius 2 is 1.96 bits per heavy atom. The van der Waals surface area contributed by atoms with Gasteiger partial charge in [-0.05, 0) is 43.4 Å². The van der Waals surface area contributed by atoms with Gasteiger partial charge in [-0.25, -0.2) is 4.79 Å². The van der Waals surface area contributed by atoms with Crippen molar-refractivity contribution < 1.29 is 22.7 Å². The SMILES string of the molecule is COC(=O)c1cc(C)sc1NC(=S)Nc1ccc(Cl)c(C(F)(F)F)c1. The van der Waals surface area contributed by atoms with Gasteiger partial charge in [0, 0.05) is 10.6 Å². The highest BCUT2D eigenvalue weighted by molar-refractivity contribution is 7.80. The summed E-state index contributed by atoms with van der Waals surface area (Å²) in [5, 5.41) is 5.49. The first-order valence-corrected chi connectivity index (χ1v) is 8.35. The molecule has 1 aromatic carbocycles. The predicted molar refractivity (Wildman–Crippen MR) is 96.7 cm³/mol. The van der Waals surface area contributed by atoms with Crippen molar-refractivity contribution in [1.29, 1.82) is 0 Å². The van der Waals surface area contributed by atoms with Crippen molar-refractivity contribution in [2.45, 2.75) is 13.1 Å². The lowest BCUT2D eigenvalue weighted by molar-refractivity contribution is -0.137. The minimum absolute atomic E-state index is 0.0300. The molecule has 0 unspecified atom stereocenters. The first kappa shape index (κ1) is 19.5. The second kappa shape index (κ2) is 7.59. The van der Waals surface area contributed by atoms with Gasteiger partial charge < -0.3 is 15.4 Å². The summed E-state index contributed by atoms with van der Waals surface area (Å²) in [5.41, 5.74) is -0.562. The summed E-state index contributed by atoms with van der Waals surface area (Å²) in [4.78, 5) is 12.6. The van der Waals surface area contributed by atoms with Crippen molar-refractivity contribution in [3.63, 3.8) is 0 Å². The van der Waals surface area contributed by atoms with Gasteiger partial charge in [0.2, 0.25) is 0 Å². The van der Waals surface area contributed by atoms with Crippen LogP contribution in [0.3, 0.4) is 0 Å². The first-order valence-electron chi connectivity index (χ1n) is 6.75. The molecule has 10 heteroatoms. The molecule has 1 aromatic heterocycles. The fourth-order valence-electron chi connectivity index (χ4n) is 1.95. The van der Waals surface area contributed by atoms with E-state index in [1.807, 2.05) is 0 Å². The Morgan fingerprint density at radius 3 is 2.56 bits per heavy atom. The molecule has 0 aliphatic rings. The van der Waals surface area contributed by atoms with Crippen molar-refractivity contribution in [2.24, 2.45) is 0 Å². The van der Waals surface area contributed by atoms with Crippen molar-refractivity contribution in [1.82, 2.24) is 0 Å². The maximum atomic E-state index is 12.9. The van der Waals surface area contributed by atoms with Crippen LogP contribution in [0, 0.1) is 6.92 Å². The minimum atomic E-state index is -4.58. The zero-order chi connectivity index (χ0) is 18.8. The molecular formula is C15H12ClF3N2O2S2. The second-order valence-electron chi connectivity index (χ2n) is 4.86. The third-order valence-corrected chi connectivity index (χ3v) is 4.52. The van der Waals surface area contributed by atoms with Gasteiger partial charge in [0.15, 0.2) is 5.11 Å². The smallest absolute Gasteiger partial charge is 0.417 e. The van der Waals surface area contributed by atoms with E-state index in [4.69, 9.17) is 23.8 Å². The summed E-state index contributed by atoms with van der Waals surface area (Å²) in [5.74, 6) is -0.541. The van der Waals surface area contributed by atoms with E-state index in [9.17, 15) is 18.0 Å². The summed E-state index contributed by atoms with van der Waals surface area (Å²) >= 11 is 11.9. The Hall–Kier alpha value is -1.84. The number of benzene rings is 1. The zero-order valence-electron chi connectivity index (χ0n) is 13.0. The van der Waals surface area contributed by atoms with Gasteiger partial charge in [-0.3, -0.25) is 0 Å². The molecule has 25 heavy (non-hydrogen) atoms. The number of carbonyl (C=O) groups is 1. The van der Waals surface area contributed by atoms with E-state index in [0.29, 0.717) is 10.6 Å². The van der Waals surface area contributed by atoms with E-state index in [2.05, 4.69) is 15.4 Å². The second-order valence-corrected chi connectivity index (χ2v) is 6.93. The van der Waals surface area contributed by atoms with E-state index in [1.165, 1.54) is 24.5 Å². The molecule has 0 saturated heterocycles. The Morgan fingerprint density at radius 1 is 1.28 bits per heavy atom.